The van der Waals surface area contributed by atoms with Crippen molar-refractivity contribution in [2.75, 3.05) is 40.3 Å². The van der Waals surface area contributed by atoms with Crippen LogP contribution in [0.15, 0.2) is 25.3 Å². The molecule has 0 rings (SSSR count). The molecule has 2 N–H and O–H groups in total. The maximum Gasteiger partial charge on any atom is 0.237 e. The summed E-state index contributed by atoms with van der Waals surface area (Å²) in [5.74, 6) is 0.0315. The van der Waals surface area contributed by atoms with Crippen molar-refractivity contribution in [3.05, 3.63) is 25.3 Å². The summed E-state index contributed by atoms with van der Waals surface area (Å²) in [6.07, 6.45) is 5.29. The molecule has 0 radical (unpaired) electrons. The molecule has 0 aliphatic heterocycles. The second-order valence-electron chi connectivity index (χ2n) is 6.09. The Morgan fingerprint density at radius 3 is 1.50 bits per heavy atom. The van der Waals surface area contributed by atoms with Crippen LogP contribution in [-0.4, -0.2) is 74.0 Å². The molecule has 6 heteroatoms. The molecule has 0 aromatic rings. The summed E-state index contributed by atoms with van der Waals surface area (Å²) >= 11 is 0. The first-order chi connectivity index (χ1) is 11.3. The Balaban J connectivity index is 4.01. The van der Waals surface area contributed by atoms with Gasteiger partial charge in [0.25, 0.3) is 0 Å². The van der Waals surface area contributed by atoms with Gasteiger partial charge in [-0.1, -0.05) is 12.2 Å². The highest BCUT2D eigenvalue weighted by molar-refractivity contribution is 5.81. The van der Waals surface area contributed by atoms with Gasteiger partial charge in [-0.15, -0.1) is 13.2 Å². The maximum absolute atomic E-state index is 11.9. The van der Waals surface area contributed by atoms with Crippen molar-refractivity contribution in [3.63, 3.8) is 0 Å². The first kappa shape index (κ1) is 22.3. The zero-order chi connectivity index (χ0) is 18.5. The Labute approximate surface area is 147 Å². The summed E-state index contributed by atoms with van der Waals surface area (Å²) in [6.45, 7) is 13.6. The lowest BCUT2D eigenvalue weighted by Gasteiger charge is -2.26. The number of amides is 2. The Morgan fingerprint density at radius 2 is 1.21 bits per heavy atom. The molecular formula is C18H34N4O2. The van der Waals surface area contributed by atoms with Crippen LogP contribution in [0.5, 0.6) is 0 Å². The van der Waals surface area contributed by atoms with Crippen LogP contribution in [-0.2, 0) is 9.59 Å². The highest BCUT2D eigenvalue weighted by Gasteiger charge is 2.18. The third-order valence-corrected chi connectivity index (χ3v) is 4.19. The molecule has 138 valence electrons. The number of hydrogen-bond donors (Lipinski definition) is 2. The number of hydrogen-bond acceptors (Lipinski definition) is 4. The van der Waals surface area contributed by atoms with Crippen LogP contribution in [0.3, 0.4) is 0 Å². The maximum atomic E-state index is 11.9. The van der Waals surface area contributed by atoms with Gasteiger partial charge in [-0.2, -0.15) is 0 Å². The number of rotatable bonds is 13. The molecule has 24 heavy (non-hydrogen) atoms. The summed E-state index contributed by atoms with van der Waals surface area (Å²) < 4.78 is 0. The van der Waals surface area contributed by atoms with E-state index in [1.54, 1.807) is 12.2 Å². The average Bonchev–Trinajstić information content (AvgIpc) is 2.59. The normalized spacial score (nSPS) is 13.4. The molecule has 0 heterocycles. The molecule has 0 saturated heterocycles. The standard InChI is InChI=1S/C18H34N4O2/c1-7-11-19-17(23)15(3)21(5)13-9-10-14-22(6)16(4)18(24)20-12-8-2/h7-8,15-16H,1-2,9-14H2,3-6H3,(H,19,23)(H,20,24)/t15-,16-/m0/s1. The van der Waals surface area contributed by atoms with E-state index in [0.29, 0.717) is 13.1 Å². The summed E-state index contributed by atoms with van der Waals surface area (Å²) in [4.78, 5) is 27.8. The lowest BCUT2D eigenvalue weighted by Crippen LogP contribution is -2.44. The number of nitrogens with zero attached hydrogens (tertiary/aromatic N) is 2. The number of unbranched alkanes of at least 4 members (excludes halogenated alkanes) is 1. The lowest BCUT2D eigenvalue weighted by molar-refractivity contribution is -0.126. The Kier molecular flexibility index (Phi) is 11.8. The Bertz CT molecular complexity index is 374. The fourth-order valence-corrected chi connectivity index (χ4v) is 2.15. The molecule has 0 unspecified atom stereocenters. The Morgan fingerprint density at radius 1 is 0.875 bits per heavy atom. The minimum atomic E-state index is -0.161. The second-order valence-corrected chi connectivity index (χ2v) is 6.09. The van der Waals surface area contributed by atoms with Crippen LogP contribution >= 0.6 is 0 Å². The van der Waals surface area contributed by atoms with E-state index in [-0.39, 0.29) is 23.9 Å². The van der Waals surface area contributed by atoms with Crippen LogP contribution in [0.25, 0.3) is 0 Å². The summed E-state index contributed by atoms with van der Waals surface area (Å²) in [6, 6.07) is -0.322. The van der Waals surface area contributed by atoms with Gasteiger partial charge >= 0.3 is 0 Å². The van der Waals surface area contributed by atoms with Crippen LogP contribution in [0.4, 0.5) is 0 Å². The second kappa shape index (κ2) is 12.7. The van der Waals surface area contributed by atoms with Gasteiger partial charge in [-0.3, -0.25) is 19.4 Å². The highest BCUT2D eigenvalue weighted by atomic mass is 16.2. The van der Waals surface area contributed by atoms with Crippen molar-refractivity contribution in [2.24, 2.45) is 0 Å². The van der Waals surface area contributed by atoms with E-state index in [4.69, 9.17) is 0 Å². The summed E-state index contributed by atoms with van der Waals surface area (Å²) in [5.41, 5.74) is 0. The first-order valence-corrected chi connectivity index (χ1v) is 8.52. The van der Waals surface area contributed by atoms with Crippen molar-refractivity contribution >= 4 is 11.8 Å². The highest BCUT2D eigenvalue weighted by Crippen LogP contribution is 2.03. The first-order valence-electron chi connectivity index (χ1n) is 8.52. The SMILES string of the molecule is C=CCNC(=O)[C@H](C)N(C)CCCCN(C)[C@@H](C)C(=O)NCC=C. The molecular weight excluding hydrogens is 304 g/mol. The minimum absolute atomic E-state index is 0.0158. The van der Waals surface area contributed by atoms with Crippen molar-refractivity contribution in [1.82, 2.24) is 20.4 Å². The van der Waals surface area contributed by atoms with Gasteiger partial charge in [-0.25, -0.2) is 0 Å². The van der Waals surface area contributed by atoms with Crippen LogP contribution < -0.4 is 10.6 Å². The molecule has 0 spiro atoms. The van der Waals surface area contributed by atoms with Crippen molar-refractivity contribution in [3.8, 4) is 0 Å². The number of carbonyl (C=O) groups excluding carboxylic acids is 2. The predicted molar refractivity (Wildman–Crippen MR) is 99.8 cm³/mol. The molecule has 0 bridgehead atoms. The zero-order valence-corrected chi connectivity index (χ0v) is 15.7. The van der Waals surface area contributed by atoms with E-state index in [1.807, 2.05) is 37.7 Å². The quantitative estimate of drug-likeness (QED) is 0.389. The van der Waals surface area contributed by atoms with E-state index in [9.17, 15) is 9.59 Å². The van der Waals surface area contributed by atoms with E-state index < -0.39 is 0 Å². The fraction of sp³-hybridized carbons (Fsp3) is 0.667. The van der Waals surface area contributed by atoms with Gasteiger partial charge in [0.05, 0.1) is 12.1 Å². The molecule has 2 atom stereocenters. The van der Waals surface area contributed by atoms with E-state index in [2.05, 4.69) is 23.8 Å². The largest absolute Gasteiger partial charge is 0.351 e. The van der Waals surface area contributed by atoms with Crippen LogP contribution in [0.1, 0.15) is 26.7 Å². The van der Waals surface area contributed by atoms with Gasteiger partial charge in [0.1, 0.15) is 0 Å². The lowest BCUT2D eigenvalue weighted by atomic mass is 10.2. The monoisotopic (exact) mass is 338 g/mol. The predicted octanol–water partition coefficient (Wildman–Crippen LogP) is 1.01. The summed E-state index contributed by atoms with van der Waals surface area (Å²) in [5, 5.41) is 5.61. The van der Waals surface area contributed by atoms with E-state index in [0.717, 1.165) is 25.9 Å². The summed E-state index contributed by atoms with van der Waals surface area (Å²) in [7, 11) is 3.90. The molecule has 0 aromatic carbocycles. The third-order valence-electron chi connectivity index (χ3n) is 4.19. The zero-order valence-electron chi connectivity index (χ0n) is 15.7. The molecule has 0 saturated carbocycles. The van der Waals surface area contributed by atoms with Gasteiger partial charge in [0.2, 0.25) is 11.8 Å². The van der Waals surface area contributed by atoms with Crippen molar-refractivity contribution in [1.29, 1.82) is 0 Å². The molecule has 0 aliphatic carbocycles. The molecule has 0 fully saturated rings. The van der Waals surface area contributed by atoms with Crippen molar-refractivity contribution in [2.45, 2.75) is 38.8 Å². The molecule has 0 aliphatic rings. The van der Waals surface area contributed by atoms with Gasteiger partial charge in [0.15, 0.2) is 0 Å². The van der Waals surface area contributed by atoms with Crippen LogP contribution in [0, 0.1) is 0 Å². The molecule has 2 amide bonds. The van der Waals surface area contributed by atoms with E-state index >= 15 is 0 Å². The van der Waals surface area contributed by atoms with E-state index in [1.165, 1.54) is 0 Å². The minimum Gasteiger partial charge on any atom is -0.351 e. The van der Waals surface area contributed by atoms with Crippen molar-refractivity contribution < 1.29 is 9.59 Å². The van der Waals surface area contributed by atoms with Crippen LogP contribution in [0.2, 0.25) is 0 Å². The average molecular weight is 338 g/mol. The van der Waals surface area contributed by atoms with Gasteiger partial charge in [0, 0.05) is 13.1 Å². The molecule has 0 aromatic heterocycles. The molecule has 6 nitrogen and oxygen atoms in total. The van der Waals surface area contributed by atoms with Gasteiger partial charge < -0.3 is 10.6 Å². The number of nitrogens with one attached hydrogen (secondary N) is 2. The topological polar surface area (TPSA) is 64.7 Å². The number of likely N-dealkylation sites (N-methyl/N-ethyl adjacent to an activating group) is 2. The third kappa shape index (κ3) is 8.84. The number of carbonyl (C=O) groups is 2. The smallest absolute Gasteiger partial charge is 0.237 e. The Hall–Kier alpha value is -1.66. The fourth-order valence-electron chi connectivity index (χ4n) is 2.15. The van der Waals surface area contributed by atoms with Gasteiger partial charge in [-0.05, 0) is 53.9 Å².